The maximum atomic E-state index is 9.23. The van der Waals surface area contributed by atoms with Crippen LogP contribution in [0.15, 0.2) is 6.20 Å². The van der Waals surface area contributed by atoms with E-state index >= 15 is 0 Å². The number of aliphatic hydroxyl groups is 1. The van der Waals surface area contributed by atoms with Crippen LogP contribution in [-0.4, -0.2) is 27.2 Å². The van der Waals surface area contributed by atoms with Gasteiger partial charge in [0.05, 0.1) is 18.0 Å². The van der Waals surface area contributed by atoms with E-state index in [9.17, 15) is 5.11 Å². The SMILES string of the molecule is N#Cc1ncc(C2CC2)nc1N[C@H]1C[C@H](O)C1. The Morgan fingerprint density at radius 1 is 1.41 bits per heavy atom. The van der Waals surface area contributed by atoms with Crippen molar-refractivity contribution in [3.05, 3.63) is 17.6 Å². The summed E-state index contributed by atoms with van der Waals surface area (Å²) in [7, 11) is 0. The lowest BCUT2D eigenvalue weighted by Crippen LogP contribution is -2.39. The van der Waals surface area contributed by atoms with Gasteiger partial charge >= 0.3 is 0 Å². The van der Waals surface area contributed by atoms with E-state index in [2.05, 4.69) is 15.3 Å². The summed E-state index contributed by atoms with van der Waals surface area (Å²) in [6.07, 6.45) is 5.28. The summed E-state index contributed by atoms with van der Waals surface area (Å²) < 4.78 is 0. The molecule has 3 rings (SSSR count). The Morgan fingerprint density at radius 2 is 2.18 bits per heavy atom. The Kier molecular flexibility index (Phi) is 2.45. The van der Waals surface area contributed by atoms with Crippen LogP contribution in [0.4, 0.5) is 5.82 Å². The highest BCUT2D eigenvalue weighted by molar-refractivity contribution is 5.49. The van der Waals surface area contributed by atoms with Crippen LogP contribution in [0.3, 0.4) is 0 Å². The maximum absolute atomic E-state index is 9.23. The summed E-state index contributed by atoms with van der Waals surface area (Å²) in [5.74, 6) is 1.11. The van der Waals surface area contributed by atoms with Crippen LogP contribution in [0, 0.1) is 11.3 Å². The molecule has 2 aliphatic carbocycles. The third-order valence-electron chi connectivity index (χ3n) is 3.35. The molecule has 2 fully saturated rings. The molecular weight excluding hydrogens is 216 g/mol. The van der Waals surface area contributed by atoms with Crippen molar-refractivity contribution in [2.45, 2.75) is 43.7 Å². The van der Waals surface area contributed by atoms with E-state index in [1.807, 2.05) is 6.07 Å². The number of nitrogens with zero attached hydrogens (tertiary/aromatic N) is 3. The Bertz CT molecular complexity index is 472. The lowest BCUT2D eigenvalue weighted by atomic mass is 9.89. The molecule has 5 nitrogen and oxygen atoms in total. The highest BCUT2D eigenvalue weighted by Gasteiger charge is 2.30. The molecule has 0 radical (unpaired) electrons. The van der Waals surface area contributed by atoms with Gasteiger partial charge in [0.15, 0.2) is 11.5 Å². The zero-order chi connectivity index (χ0) is 11.8. The molecule has 2 saturated carbocycles. The molecule has 0 spiro atoms. The fraction of sp³-hybridized carbons (Fsp3) is 0.583. The minimum atomic E-state index is -0.211. The molecule has 2 aliphatic rings. The molecule has 1 heterocycles. The number of anilines is 1. The molecule has 1 aromatic rings. The van der Waals surface area contributed by atoms with Crippen molar-refractivity contribution in [3.63, 3.8) is 0 Å². The second kappa shape index (κ2) is 3.97. The monoisotopic (exact) mass is 230 g/mol. The zero-order valence-corrected chi connectivity index (χ0v) is 9.43. The summed E-state index contributed by atoms with van der Waals surface area (Å²) >= 11 is 0. The van der Waals surface area contributed by atoms with Crippen molar-refractivity contribution in [2.75, 3.05) is 5.32 Å². The Labute approximate surface area is 99.5 Å². The fourth-order valence-electron chi connectivity index (χ4n) is 2.06. The number of aromatic nitrogens is 2. The summed E-state index contributed by atoms with van der Waals surface area (Å²) in [4.78, 5) is 8.61. The summed E-state index contributed by atoms with van der Waals surface area (Å²) in [6.45, 7) is 0. The van der Waals surface area contributed by atoms with Crippen molar-refractivity contribution in [1.82, 2.24) is 9.97 Å². The minimum absolute atomic E-state index is 0.211. The molecule has 0 aromatic carbocycles. The Morgan fingerprint density at radius 3 is 2.76 bits per heavy atom. The Hall–Kier alpha value is -1.67. The van der Waals surface area contributed by atoms with E-state index in [4.69, 9.17) is 5.26 Å². The number of nitriles is 1. The lowest BCUT2D eigenvalue weighted by Gasteiger charge is -2.32. The first-order valence-electron chi connectivity index (χ1n) is 5.98. The lowest BCUT2D eigenvalue weighted by molar-refractivity contribution is 0.0835. The van der Waals surface area contributed by atoms with Gasteiger partial charge in [0, 0.05) is 12.0 Å². The predicted octanol–water partition coefficient (Wildman–Crippen LogP) is 1.16. The summed E-state index contributed by atoms with van der Waals surface area (Å²) in [5.41, 5.74) is 1.32. The summed E-state index contributed by atoms with van der Waals surface area (Å²) in [5, 5.41) is 21.4. The maximum Gasteiger partial charge on any atom is 0.183 e. The van der Waals surface area contributed by atoms with Crippen LogP contribution in [-0.2, 0) is 0 Å². The first kappa shape index (κ1) is 10.5. The zero-order valence-electron chi connectivity index (χ0n) is 9.43. The number of rotatable bonds is 3. The number of aliphatic hydroxyl groups excluding tert-OH is 1. The fourth-order valence-corrected chi connectivity index (χ4v) is 2.06. The van der Waals surface area contributed by atoms with Crippen molar-refractivity contribution >= 4 is 5.82 Å². The largest absolute Gasteiger partial charge is 0.393 e. The van der Waals surface area contributed by atoms with E-state index < -0.39 is 0 Å². The van der Waals surface area contributed by atoms with E-state index in [0.717, 1.165) is 18.5 Å². The third kappa shape index (κ3) is 2.08. The van der Waals surface area contributed by atoms with Gasteiger partial charge in [0.1, 0.15) is 6.07 Å². The van der Waals surface area contributed by atoms with Gasteiger partial charge < -0.3 is 10.4 Å². The van der Waals surface area contributed by atoms with Crippen LogP contribution in [0.5, 0.6) is 0 Å². The second-order valence-corrected chi connectivity index (χ2v) is 4.84. The van der Waals surface area contributed by atoms with Crippen LogP contribution in [0.2, 0.25) is 0 Å². The molecule has 0 unspecified atom stereocenters. The minimum Gasteiger partial charge on any atom is -0.393 e. The van der Waals surface area contributed by atoms with Gasteiger partial charge in [0.25, 0.3) is 0 Å². The second-order valence-electron chi connectivity index (χ2n) is 4.84. The van der Waals surface area contributed by atoms with Gasteiger partial charge in [-0.1, -0.05) is 0 Å². The first-order valence-corrected chi connectivity index (χ1v) is 5.98. The molecule has 1 aromatic heterocycles. The highest BCUT2D eigenvalue weighted by atomic mass is 16.3. The van der Waals surface area contributed by atoms with E-state index in [1.54, 1.807) is 6.20 Å². The molecule has 0 saturated heterocycles. The third-order valence-corrected chi connectivity index (χ3v) is 3.35. The average Bonchev–Trinajstić information content (AvgIpc) is 3.11. The Balaban J connectivity index is 1.80. The van der Waals surface area contributed by atoms with E-state index in [-0.39, 0.29) is 12.1 Å². The number of nitrogens with one attached hydrogen (secondary N) is 1. The normalized spacial score (nSPS) is 27.1. The van der Waals surface area contributed by atoms with Gasteiger partial charge in [-0.2, -0.15) is 5.26 Å². The molecule has 5 heteroatoms. The standard InChI is InChI=1S/C12H14N4O/c13-5-10-12(15-8-3-9(17)4-8)16-11(6-14-10)7-1-2-7/h6-9,17H,1-4H2,(H,15,16)/t8-,9-. The first-order chi connectivity index (χ1) is 8.26. The average molecular weight is 230 g/mol. The smallest absolute Gasteiger partial charge is 0.183 e. The summed E-state index contributed by atoms with van der Waals surface area (Å²) in [6, 6.07) is 2.27. The molecular formula is C12H14N4O. The number of hydrogen-bond acceptors (Lipinski definition) is 5. The van der Waals surface area contributed by atoms with Crippen molar-refractivity contribution in [1.29, 1.82) is 5.26 Å². The molecule has 0 amide bonds. The van der Waals surface area contributed by atoms with Crippen molar-refractivity contribution in [3.8, 4) is 6.07 Å². The van der Waals surface area contributed by atoms with Gasteiger partial charge in [0.2, 0.25) is 0 Å². The quantitative estimate of drug-likeness (QED) is 0.814. The van der Waals surface area contributed by atoms with Gasteiger partial charge in [-0.15, -0.1) is 0 Å². The molecule has 0 atom stereocenters. The van der Waals surface area contributed by atoms with Gasteiger partial charge in [-0.05, 0) is 25.7 Å². The number of hydrogen-bond donors (Lipinski definition) is 2. The predicted molar refractivity (Wildman–Crippen MR) is 61.4 cm³/mol. The van der Waals surface area contributed by atoms with E-state index in [0.29, 0.717) is 17.4 Å². The molecule has 0 bridgehead atoms. The van der Waals surface area contributed by atoms with Crippen molar-refractivity contribution < 1.29 is 5.11 Å². The van der Waals surface area contributed by atoms with Crippen LogP contribution in [0.1, 0.15) is 43.0 Å². The van der Waals surface area contributed by atoms with Crippen LogP contribution >= 0.6 is 0 Å². The van der Waals surface area contributed by atoms with Crippen molar-refractivity contribution in [2.24, 2.45) is 0 Å². The topological polar surface area (TPSA) is 81.8 Å². The van der Waals surface area contributed by atoms with E-state index in [1.165, 1.54) is 12.8 Å². The van der Waals surface area contributed by atoms with Gasteiger partial charge in [-0.3, -0.25) is 0 Å². The van der Waals surface area contributed by atoms with Gasteiger partial charge in [-0.25, -0.2) is 9.97 Å². The van der Waals surface area contributed by atoms with Crippen LogP contribution in [0.25, 0.3) is 0 Å². The molecule has 17 heavy (non-hydrogen) atoms. The highest BCUT2D eigenvalue weighted by Crippen LogP contribution is 2.39. The van der Waals surface area contributed by atoms with Crippen LogP contribution < -0.4 is 5.32 Å². The molecule has 0 aliphatic heterocycles. The molecule has 2 N–H and O–H groups in total. The molecule has 88 valence electrons.